The van der Waals surface area contributed by atoms with Gasteiger partial charge in [-0.1, -0.05) is 17.3 Å². The van der Waals surface area contributed by atoms with Crippen molar-refractivity contribution in [3.8, 4) is 28.6 Å². The van der Waals surface area contributed by atoms with Gasteiger partial charge in [-0.05, 0) is 35.9 Å². The lowest BCUT2D eigenvalue weighted by molar-refractivity contribution is -0.130. The molecule has 1 aromatic heterocycles. The fraction of sp³-hybridized carbons (Fsp3) is 0.286. The van der Waals surface area contributed by atoms with Gasteiger partial charge in [0.25, 0.3) is 0 Å². The molecule has 0 radical (unpaired) electrons. The van der Waals surface area contributed by atoms with Crippen molar-refractivity contribution >= 4 is 5.91 Å². The lowest BCUT2D eigenvalue weighted by atomic mass is 10.1. The average molecular weight is 397 g/mol. The van der Waals surface area contributed by atoms with E-state index in [4.69, 9.17) is 18.7 Å². The minimum absolute atomic E-state index is 0.0546. The van der Waals surface area contributed by atoms with E-state index in [1.807, 2.05) is 30.3 Å². The van der Waals surface area contributed by atoms with Crippen LogP contribution in [0.3, 0.4) is 0 Å². The van der Waals surface area contributed by atoms with Gasteiger partial charge in [-0.2, -0.15) is 4.98 Å². The molecule has 0 aliphatic rings. The summed E-state index contributed by atoms with van der Waals surface area (Å²) in [5.74, 6) is 2.65. The molecule has 8 nitrogen and oxygen atoms in total. The largest absolute Gasteiger partial charge is 0.497 e. The molecule has 0 bridgehead atoms. The zero-order chi connectivity index (χ0) is 20.8. The maximum Gasteiger partial charge on any atom is 0.246 e. The standard InChI is InChI=1S/C21H23N3O5/c1-24(20(25)11-14-5-8-16(26-2)9-6-14)13-19-22-21(23-29-19)15-7-10-17(27-3)18(12-15)28-4/h5-10,12H,11,13H2,1-4H3. The first-order chi connectivity index (χ1) is 14.0. The minimum atomic E-state index is -0.0546. The van der Waals surface area contributed by atoms with Crippen LogP contribution in [0.1, 0.15) is 11.5 Å². The predicted octanol–water partition coefficient (Wildman–Crippen LogP) is 2.96. The summed E-state index contributed by atoms with van der Waals surface area (Å²) in [5, 5.41) is 4.00. The van der Waals surface area contributed by atoms with E-state index in [9.17, 15) is 4.79 Å². The summed E-state index contributed by atoms with van der Waals surface area (Å²) in [4.78, 5) is 18.4. The summed E-state index contributed by atoms with van der Waals surface area (Å²) < 4.78 is 21.0. The van der Waals surface area contributed by atoms with Crippen LogP contribution < -0.4 is 14.2 Å². The van der Waals surface area contributed by atoms with E-state index in [0.29, 0.717) is 23.2 Å². The molecule has 29 heavy (non-hydrogen) atoms. The van der Waals surface area contributed by atoms with Crippen LogP contribution in [-0.4, -0.2) is 49.3 Å². The number of aromatic nitrogens is 2. The minimum Gasteiger partial charge on any atom is -0.497 e. The molecule has 0 unspecified atom stereocenters. The number of methoxy groups -OCH3 is 3. The van der Waals surface area contributed by atoms with Crippen molar-refractivity contribution in [1.29, 1.82) is 0 Å². The first kappa shape index (κ1) is 20.2. The molecule has 0 aliphatic heterocycles. The van der Waals surface area contributed by atoms with E-state index in [1.54, 1.807) is 45.4 Å². The van der Waals surface area contributed by atoms with E-state index in [1.165, 1.54) is 0 Å². The van der Waals surface area contributed by atoms with Gasteiger partial charge in [-0.25, -0.2) is 0 Å². The van der Waals surface area contributed by atoms with Crippen LogP contribution in [0.15, 0.2) is 47.0 Å². The lowest BCUT2D eigenvalue weighted by Gasteiger charge is -2.14. The Bertz CT molecular complexity index is 969. The predicted molar refractivity (Wildman–Crippen MR) is 106 cm³/mol. The molecule has 2 aromatic carbocycles. The van der Waals surface area contributed by atoms with Crippen molar-refractivity contribution < 1.29 is 23.5 Å². The molecule has 3 rings (SSSR count). The number of amides is 1. The number of likely N-dealkylation sites (N-methyl/N-ethyl adjacent to an activating group) is 1. The molecular formula is C21H23N3O5. The van der Waals surface area contributed by atoms with E-state index >= 15 is 0 Å². The Morgan fingerprint density at radius 2 is 1.72 bits per heavy atom. The number of hydrogen-bond donors (Lipinski definition) is 0. The normalized spacial score (nSPS) is 10.5. The third-order valence-electron chi connectivity index (χ3n) is 4.42. The van der Waals surface area contributed by atoms with Crippen LogP contribution in [0.4, 0.5) is 0 Å². The lowest BCUT2D eigenvalue weighted by Crippen LogP contribution is -2.27. The van der Waals surface area contributed by atoms with Gasteiger partial charge in [0.1, 0.15) is 5.75 Å². The van der Waals surface area contributed by atoms with Gasteiger partial charge in [-0.3, -0.25) is 4.79 Å². The Kier molecular flexibility index (Phi) is 6.33. The molecule has 0 saturated heterocycles. The highest BCUT2D eigenvalue weighted by Gasteiger charge is 2.16. The number of rotatable bonds is 8. The van der Waals surface area contributed by atoms with E-state index < -0.39 is 0 Å². The summed E-state index contributed by atoms with van der Waals surface area (Å²) in [6.45, 7) is 0.218. The maximum atomic E-state index is 12.5. The Hall–Kier alpha value is -3.55. The van der Waals surface area contributed by atoms with Crippen LogP contribution in [0.2, 0.25) is 0 Å². The highest BCUT2D eigenvalue weighted by Crippen LogP contribution is 2.31. The third kappa shape index (κ3) is 4.84. The van der Waals surface area contributed by atoms with Gasteiger partial charge >= 0.3 is 0 Å². The fourth-order valence-corrected chi connectivity index (χ4v) is 2.76. The van der Waals surface area contributed by atoms with Crippen LogP contribution in [-0.2, 0) is 17.8 Å². The van der Waals surface area contributed by atoms with Crippen LogP contribution in [0.25, 0.3) is 11.4 Å². The fourth-order valence-electron chi connectivity index (χ4n) is 2.76. The number of carbonyl (C=O) groups is 1. The van der Waals surface area contributed by atoms with Gasteiger partial charge in [0, 0.05) is 12.6 Å². The van der Waals surface area contributed by atoms with E-state index in [2.05, 4.69) is 10.1 Å². The number of ether oxygens (including phenoxy) is 3. The van der Waals surface area contributed by atoms with Gasteiger partial charge in [0.2, 0.25) is 17.6 Å². The number of benzene rings is 2. The average Bonchev–Trinajstić information content (AvgIpc) is 3.22. The SMILES string of the molecule is COc1ccc(CC(=O)N(C)Cc2nc(-c3ccc(OC)c(OC)c3)no2)cc1. The van der Waals surface area contributed by atoms with Gasteiger partial charge < -0.3 is 23.6 Å². The van der Waals surface area contributed by atoms with Gasteiger partial charge in [0.05, 0.1) is 34.3 Å². The van der Waals surface area contributed by atoms with Crippen molar-refractivity contribution in [3.63, 3.8) is 0 Å². The van der Waals surface area contributed by atoms with Crippen molar-refractivity contribution in [1.82, 2.24) is 15.0 Å². The molecule has 3 aromatic rings. The van der Waals surface area contributed by atoms with Crippen LogP contribution >= 0.6 is 0 Å². The highest BCUT2D eigenvalue weighted by molar-refractivity contribution is 5.78. The summed E-state index contributed by atoms with van der Waals surface area (Å²) in [7, 11) is 6.44. The summed E-state index contributed by atoms with van der Waals surface area (Å²) in [6, 6.07) is 12.8. The van der Waals surface area contributed by atoms with Crippen molar-refractivity contribution in [2.45, 2.75) is 13.0 Å². The molecule has 1 heterocycles. The summed E-state index contributed by atoms with van der Waals surface area (Å²) in [5.41, 5.74) is 1.63. The first-order valence-corrected chi connectivity index (χ1v) is 8.96. The second kappa shape index (κ2) is 9.09. The van der Waals surface area contributed by atoms with Gasteiger partial charge in [-0.15, -0.1) is 0 Å². The molecule has 0 N–H and O–H groups in total. The Labute approximate surface area is 169 Å². The van der Waals surface area contributed by atoms with Crippen LogP contribution in [0.5, 0.6) is 17.2 Å². The molecule has 1 amide bonds. The second-order valence-electron chi connectivity index (χ2n) is 6.36. The highest BCUT2D eigenvalue weighted by atomic mass is 16.5. The van der Waals surface area contributed by atoms with Crippen molar-refractivity contribution in [3.05, 3.63) is 53.9 Å². The number of hydrogen-bond acceptors (Lipinski definition) is 7. The second-order valence-corrected chi connectivity index (χ2v) is 6.36. The molecule has 0 atom stereocenters. The zero-order valence-corrected chi connectivity index (χ0v) is 16.8. The number of carbonyl (C=O) groups excluding carboxylic acids is 1. The molecule has 0 spiro atoms. The topological polar surface area (TPSA) is 86.9 Å². The Morgan fingerprint density at radius 1 is 1.00 bits per heavy atom. The monoisotopic (exact) mass is 397 g/mol. The molecule has 0 aliphatic carbocycles. The molecule has 8 heteroatoms. The summed E-state index contributed by atoms with van der Waals surface area (Å²) in [6.07, 6.45) is 0.275. The molecule has 152 valence electrons. The van der Waals surface area contributed by atoms with Gasteiger partial charge in [0.15, 0.2) is 11.5 Å². The summed E-state index contributed by atoms with van der Waals surface area (Å²) >= 11 is 0. The Morgan fingerprint density at radius 3 is 2.38 bits per heavy atom. The Balaban J connectivity index is 1.65. The van der Waals surface area contributed by atoms with E-state index in [0.717, 1.165) is 16.9 Å². The quantitative estimate of drug-likeness (QED) is 0.577. The van der Waals surface area contributed by atoms with Crippen molar-refractivity contribution in [2.75, 3.05) is 28.4 Å². The van der Waals surface area contributed by atoms with E-state index in [-0.39, 0.29) is 18.9 Å². The molecule has 0 fully saturated rings. The number of nitrogens with zero attached hydrogens (tertiary/aromatic N) is 3. The van der Waals surface area contributed by atoms with Crippen LogP contribution in [0, 0.1) is 0 Å². The molecular weight excluding hydrogens is 374 g/mol. The first-order valence-electron chi connectivity index (χ1n) is 8.96. The maximum absolute atomic E-state index is 12.5. The zero-order valence-electron chi connectivity index (χ0n) is 16.8. The molecule has 0 saturated carbocycles. The van der Waals surface area contributed by atoms with Crippen molar-refractivity contribution in [2.24, 2.45) is 0 Å². The third-order valence-corrected chi connectivity index (χ3v) is 4.42. The smallest absolute Gasteiger partial charge is 0.246 e.